The van der Waals surface area contributed by atoms with E-state index < -0.39 is 0 Å². The van der Waals surface area contributed by atoms with Gasteiger partial charge in [0.15, 0.2) is 0 Å². The molecule has 5 heterocycles. The molecule has 5 atom stereocenters. The summed E-state index contributed by atoms with van der Waals surface area (Å²) in [6, 6.07) is 1.09. The highest BCUT2D eigenvalue weighted by Gasteiger charge is 2.43. The van der Waals surface area contributed by atoms with Gasteiger partial charge in [-0.05, 0) is 70.4 Å². The average molecular weight is 437 g/mol. The van der Waals surface area contributed by atoms with Gasteiger partial charge >= 0.3 is 0 Å². The van der Waals surface area contributed by atoms with Crippen LogP contribution in [0.3, 0.4) is 0 Å². The topological polar surface area (TPSA) is 104 Å². The van der Waals surface area contributed by atoms with Crippen molar-refractivity contribution >= 4 is 5.91 Å². The Balaban J connectivity index is 1.13. The van der Waals surface area contributed by atoms with Crippen molar-refractivity contribution in [2.24, 2.45) is 17.6 Å². The lowest BCUT2D eigenvalue weighted by Crippen LogP contribution is -2.57. The Bertz CT molecular complexity index is 610. The van der Waals surface area contributed by atoms with Crippen molar-refractivity contribution in [1.82, 2.24) is 25.9 Å². The standard InChI is InChI=1S/C22H40N6O3/c23-20(29)15-4-10-27(11-5-15)19-14-16(3-8-24-19)21-25-22(31-26-21)18-2-1-9-28(18)17-6-12-30-13-7-17/h15-19,21-22,24-26H,1-14H2,(H2,23,29)/t16?,18-,19?,21?,22?/m1/s1. The maximum absolute atomic E-state index is 11.5. The van der Waals surface area contributed by atoms with E-state index in [-0.39, 0.29) is 24.2 Å². The molecule has 0 aliphatic carbocycles. The van der Waals surface area contributed by atoms with Crippen LogP contribution in [0.15, 0.2) is 0 Å². The van der Waals surface area contributed by atoms with Gasteiger partial charge < -0.3 is 15.8 Å². The molecule has 9 nitrogen and oxygen atoms in total. The number of piperidine rings is 2. The van der Waals surface area contributed by atoms with Crippen molar-refractivity contribution in [3.05, 3.63) is 0 Å². The molecule has 1 amide bonds. The zero-order valence-electron chi connectivity index (χ0n) is 18.6. The number of nitrogens with one attached hydrogen (secondary N) is 3. The Labute approximate surface area is 185 Å². The number of carbonyl (C=O) groups is 1. The van der Waals surface area contributed by atoms with Crippen LogP contribution in [0.1, 0.15) is 51.4 Å². The molecule has 4 unspecified atom stereocenters. The smallest absolute Gasteiger partial charge is 0.220 e. The van der Waals surface area contributed by atoms with E-state index in [2.05, 4.69) is 25.9 Å². The number of carbonyl (C=O) groups excluding carboxylic acids is 1. The van der Waals surface area contributed by atoms with Gasteiger partial charge in [0, 0.05) is 38.3 Å². The van der Waals surface area contributed by atoms with Crippen LogP contribution in [-0.2, 0) is 14.4 Å². The first-order chi connectivity index (χ1) is 15.2. The van der Waals surface area contributed by atoms with Crippen LogP contribution < -0.4 is 21.8 Å². The van der Waals surface area contributed by atoms with E-state index in [1.165, 1.54) is 19.4 Å². The zero-order valence-corrected chi connectivity index (χ0v) is 18.6. The Kier molecular flexibility index (Phi) is 7.09. The first-order valence-corrected chi connectivity index (χ1v) is 12.5. The van der Waals surface area contributed by atoms with Crippen molar-refractivity contribution < 1.29 is 14.4 Å². The monoisotopic (exact) mass is 436 g/mol. The summed E-state index contributed by atoms with van der Waals surface area (Å²) < 4.78 is 5.58. The summed E-state index contributed by atoms with van der Waals surface area (Å²) in [5.74, 6) is 0.439. The molecular weight excluding hydrogens is 396 g/mol. The van der Waals surface area contributed by atoms with Gasteiger partial charge in [-0.15, -0.1) is 0 Å². The van der Waals surface area contributed by atoms with Gasteiger partial charge in [0.25, 0.3) is 0 Å². The number of hydrogen-bond acceptors (Lipinski definition) is 8. The minimum absolute atomic E-state index is 0.0491. The van der Waals surface area contributed by atoms with Gasteiger partial charge in [-0.1, -0.05) is 0 Å². The van der Waals surface area contributed by atoms with E-state index in [1.807, 2.05) is 0 Å². The van der Waals surface area contributed by atoms with Crippen LogP contribution in [0.4, 0.5) is 0 Å². The van der Waals surface area contributed by atoms with Gasteiger partial charge in [-0.3, -0.25) is 24.7 Å². The number of amides is 1. The van der Waals surface area contributed by atoms with Gasteiger partial charge in [-0.25, -0.2) is 0 Å². The van der Waals surface area contributed by atoms with E-state index in [9.17, 15) is 4.79 Å². The SMILES string of the molecule is NC(=O)C1CCN(C2CC(C3NOC([C@H]4CCCN4C4CCOCC4)N3)CCN2)CC1. The Hall–Kier alpha value is -0.810. The summed E-state index contributed by atoms with van der Waals surface area (Å²) in [6.45, 7) is 5.88. The number of rotatable bonds is 5. The fourth-order valence-electron chi connectivity index (χ4n) is 6.42. The normalized spacial score (nSPS) is 39.8. The van der Waals surface area contributed by atoms with E-state index in [0.29, 0.717) is 24.2 Å². The van der Waals surface area contributed by atoms with Gasteiger partial charge in [0.1, 0.15) is 6.23 Å². The van der Waals surface area contributed by atoms with E-state index in [1.54, 1.807) is 0 Å². The minimum Gasteiger partial charge on any atom is -0.381 e. The fourth-order valence-corrected chi connectivity index (χ4v) is 6.42. The lowest BCUT2D eigenvalue weighted by Gasteiger charge is -2.42. The molecule has 176 valence electrons. The number of nitrogens with zero attached hydrogens (tertiary/aromatic N) is 2. The van der Waals surface area contributed by atoms with Crippen LogP contribution in [-0.4, -0.2) is 85.7 Å². The lowest BCUT2D eigenvalue weighted by atomic mass is 9.90. The second-order valence-corrected chi connectivity index (χ2v) is 10.1. The third kappa shape index (κ3) is 4.93. The van der Waals surface area contributed by atoms with Gasteiger partial charge in [0.2, 0.25) is 5.91 Å². The molecule has 31 heavy (non-hydrogen) atoms. The first-order valence-electron chi connectivity index (χ1n) is 12.5. The summed E-state index contributed by atoms with van der Waals surface area (Å²) >= 11 is 0. The lowest BCUT2D eigenvalue weighted by molar-refractivity contribution is -0.123. The Morgan fingerprint density at radius 3 is 2.58 bits per heavy atom. The van der Waals surface area contributed by atoms with E-state index >= 15 is 0 Å². The molecule has 5 rings (SSSR count). The van der Waals surface area contributed by atoms with Crippen LogP contribution in [0.5, 0.6) is 0 Å². The fraction of sp³-hybridized carbons (Fsp3) is 0.955. The minimum atomic E-state index is -0.140. The average Bonchev–Trinajstić information content (AvgIpc) is 3.50. The molecule has 0 saturated carbocycles. The second-order valence-electron chi connectivity index (χ2n) is 10.1. The number of nitrogens with two attached hydrogens (primary N) is 1. The Morgan fingerprint density at radius 2 is 1.81 bits per heavy atom. The molecule has 5 N–H and O–H groups in total. The molecule has 5 aliphatic heterocycles. The van der Waals surface area contributed by atoms with E-state index in [4.69, 9.17) is 15.3 Å². The maximum Gasteiger partial charge on any atom is 0.220 e. The highest BCUT2D eigenvalue weighted by Crippen LogP contribution is 2.31. The number of hydroxylamine groups is 1. The molecule has 0 aromatic heterocycles. The predicted octanol–water partition coefficient (Wildman–Crippen LogP) is -0.0706. The maximum atomic E-state index is 11.5. The van der Waals surface area contributed by atoms with Gasteiger partial charge in [0.05, 0.1) is 18.4 Å². The molecule has 0 aromatic carbocycles. The van der Waals surface area contributed by atoms with Crippen molar-refractivity contribution in [1.29, 1.82) is 0 Å². The molecule has 5 saturated heterocycles. The van der Waals surface area contributed by atoms with E-state index in [0.717, 1.165) is 71.4 Å². The molecule has 0 spiro atoms. The first kappa shape index (κ1) is 22.0. The van der Waals surface area contributed by atoms with Crippen molar-refractivity contribution in [2.75, 3.05) is 39.4 Å². The second kappa shape index (κ2) is 9.99. The highest BCUT2D eigenvalue weighted by molar-refractivity contribution is 5.76. The summed E-state index contributed by atoms with van der Waals surface area (Å²) in [5, 5.41) is 7.50. The quantitative estimate of drug-likeness (QED) is 0.475. The molecule has 5 fully saturated rings. The third-order valence-electron chi connectivity index (χ3n) is 8.28. The summed E-state index contributed by atoms with van der Waals surface area (Å²) in [4.78, 5) is 22.8. The summed E-state index contributed by atoms with van der Waals surface area (Å²) in [7, 11) is 0. The van der Waals surface area contributed by atoms with Crippen LogP contribution in [0, 0.1) is 11.8 Å². The number of primary amides is 1. The molecule has 0 bridgehead atoms. The molecule has 9 heteroatoms. The van der Waals surface area contributed by atoms with Crippen LogP contribution in [0.25, 0.3) is 0 Å². The van der Waals surface area contributed by atoms with Gasteiger partial charge in [-0.2, -0.15) is 5.48 Å². The largest absolute Gasteiger partial charge is 0.381 e. The highest BCUT2D eigenvalue weighted by atomic mass is 16.7. The summed E-state index contributed by atoms with van der Waals surface area (Å²) in [5.41, 5.74) is 8.86. The molecular formula is C22H40N6O3. The van der Waals surface area contributed by atoms with Crippen LogP contribution in [0.2, 0.25) is 0 Å². The number of hydrogen-bond donors (Lipinski definition) is 4. The zero-order chi connectivity index (χ0) is 21.2. The summed E-state index contributed by atoms with van der Waals surface area (Å²) in [6.07, 6.45) is 9.38. The Morgan fingerprint density at radius 1 is 1.00 bits per heavy atom. The molecule has 5 aliphatic rings. The molecule has 0 radical (unpaired) electrons. The number of likely N-dealkylation sites (tertiary alicyclic amines) is 2. The molecule has 0 aromatic rings. The number of ether oxygens (including phenoxy) is 1. The van der Waals surface area contributed by atoms with Crippen molar-refractivity contribution in [2.45, 2.75) is 82.0 Å². The van der Waals surface area contributed by atoms with Crippen molar-refractivity contribution in [3.63, 3.8) is 0 Å². The third-order valence-corrected chi connectivity index (χ3v) is 8.28. The predicted molar refractivity (Wildman–Crippen MR) is 117 cm³/mol. The van der Waals surface area contributed by atoms with Crippen molar-refractivity contribution in [3.8, 4) is 0 Å². The van der Waals surface area contributed by atoms with Crippen LogP contribution >= 0.6 is 0 Å².